The Balaban J connectivity index is 1.70. The summed E-state index contributed by atoms with van der Waals surface area (Å²) in [5, 5.41) is 10.4. The van der Waals surface area contributed by atoms with E-state index in [1.165, 1.54) is 51.7 Å². The first-order valence-corrected chi connectivity index (χ1v) is 7.16. The molecule has 2 fully saturated rings. The molecule has 0 spiro atoms. The van der Waals surface area contributed by atoms with Crippen LogP contribution in [0.4, 0.5) is 0 Å². The van der Waals surface area contributed by atoms with E-state index in [-0.39, 0.29) is 5.60 Å². The molecule has 16 heavy (non-hydrogen) atoms. The molecule has 1 saturated carbocycles. The van der Waals surface area contributed by atoms with E-state index in [9.17, 15) is 5.11 Å². The van der Waals surface area contributed by atoms with Crippen molar-refractivity contribution in [3.8, 4) is 0 Å². The molecule has 1 aliphatic carbocycles. The van der Waals surface area contributed by atoms with Crippen molar-refractivity contribution in [1.29, 1.82) is 0 Å². The van der Waals surface area contributed by atoms with Crippen LogP contribution in [-0.2, 0) is 0 Å². The van der Waals surface area contributed by atoms with Crippen LogP contribution < -0.4 is 0 Å². The van der Waals surface area contributed by atoms with Crippen molar-refractivity contribution in [2.24, 2.45) is 5.92 Å². The van der Waals surface area contributed by atoms with Gasteiger partial charge >= 0.3 is 0 Å². The summed E-state index contributed by atoms with van der Waals surface area (Å²) in [6, 6.07) is 0. The van der Waals surface area contributed by atoms with Crippen molar-refractivity contribution in [3.05, 3.63) is 0 Å². The van der Waals surface area contributed by atoms with Crippen LogP contribution in [0.1, 0.15) is 58.3 Å². The SMILES string of the molecule is CCN1CCC(CCC2(O)CCCCC2)C1. The molecular weight excluding hydrogens is 198 g/mol. The van der Waals surface area contributed by atoms with E-state index in [0.29, 0.717) is 0 Å². The number of rotatable bonds is 4. The van der Waals surface area contributed by atoms with Gasteiger partial charge in [-0.15, -0.1) is 0 Å². The fourth-order valence-corrected chi connectivity index (χ4v) is 3.37. The number of likely N-dealkylation sites (tertiary alicyclic amines) is 1. The molecule has 94 valence electrons. The van der Waals surface area contributed by atoms with Crippen LogP contribution >= 0.6 is 0 Å². The lowest BCUT2D eigenvalue weighted by Gasteiger charge is -2.33. The summed E-state index contributed by atoms with van der Waals surface area (Å²) in [6.45, 7) is 5.99. The van der Waals surface area contributed by atoms with Gasteiger partial charge in [0.25, 0.3) is 0 Å². The quantitative estimate of drug-likeness (QED) is 0.795. The number of nitrogens with zero attached hydrogens (tertiary/aromatic N) is 1. The maximum atomic E-state index is 10.4. The minimum Gasteiger partial charge on any atom is -0.390 e. The van der Waals surface area contributed by atoms with Crippen LogP contribution in [0.2, 0.25) is 0 Å². The van der Waals surface area contributed by atoms with Gasteiger partial charge in [0, 0.05) is 6.54 Å². The zero-order chi connectivity index (χ0) is 11.4. The molecule has 0 aromatic carbocycles. The predicted octanol–water partition coefficient (Wildman–Crippen LogP) is 2.80. The first-order chi connectivity index (χ1) is 7.72. The summed E-state index contributed by atoms with van der Waals surface area (Å²) >= 11 is 0. The monoisotopic (exact) mass is 225 g/mol. The van der Waals surface area contributed by atoms with E-state index < -0.39 is 0 Å². The third-order valence-corrected chi connectivity index (χ3v) is 4.62. The maximum absolute atomic E-state index is 10.4. The maximum Gasteiger partial charge on any atom is 0.0648 e. The third-order valence-electron chi connectivity index (χ3n) is 4.62. The third kappa shape index (κ3) is 3.21. The lowest BCUT2D eigenvalue weighted by atomic mass is 9.80. The summed E-state index contributed by atoms with van der Waals surface area (Å²) in [5.41, 5.74) is -0.294. The van der Waals surface area contributed by atoms with Crippen molar-refractivity contribution in [3.63, 3.8) is 0 Å². The Labute approximate surface area is 100 Å². The highest BCUT2D eigenvalue weighted by Gasteiger charge is 2.31. The lowest BCUT2D eigenvalue weighted by molar-refractivity contribution is -0.00863. The molecule has 1 atom stereocenters. The highest BCUT2D eigenvalue weighted by atomic mass is 16.3. The van der Waals surface area contributed by atoms with Gasteiger partial charge in [-0.05, 0) is 51.1 Å². The minimum atomic E-state index is -0.294. The highest BCUT2D eigenvalue weighted by Crippen LogP contribution is 2.34. The van der Waals surface area contributed by atoms with Crippen molar-refractivity contribution < 1.29 is 5.11 Å². The fourth-order valence-electron chi connectivity index (χ4n) is 3.37. The molecule has 0 aromatic heterocycles. The van der Waals surface area contributed by atoms with E-state index in [0.717, 1.165) is 25.2 Å². The molecule has 2 aliphatic rings. The standard InChI is InChI=1S/C14H27NO/c1-2-15-11-7-13(12-15)6-10-14(16)8-4-3-5-9-14/h13,16H,2-12H2,1H3. The van der Waals surface area contributed by atoms with Crippen LogP contribution in [-0.4, -0.2) is 35.2 Å². The second-order valence-corrected chi connectivity index (χ2v) is 5.87. The van der Waals surface area contributed by atoms with Gasteiger partial charge in [-0.3, -0.25) is 0 Å². The van der Waals surface area contributed by atoms with Crippen LogP contribution in [0.5, 0.6) is 0 Å². The van der Waals surface area contributed by atoms with E-state index in [2.05, 4.69) is 11.8 Å². The molecule has 1 N–H and O–H groups in total. The predicted molar refractivity (Wildman–Crippen MR) is 67.5 cm³/mol. The van der Waals surface area contributed by atoms with E-state index in [1.807, 2.05) is 0 Å². The molecule has 2 heteroatoms. The molecule has 0 radical (unpaired) electrons. The van der Waals surface area contributed by atoms with E-state index in [1.54, 1.807) is 0 Å². The van der Waals surface area contributed by atoms with Gasteiger partial charge in [0.2, 0.25) is 0 Å². The average molecular weight is 225 g/mol. The molecule has 0 bridgehead atoms. The van der Waals surface area contributed by atoms with Crippen molar-refractivity contribution in [2.75, 3.05) is 19.6 Å². The Hall–Kier alpha value is -0.0800. The Morgan fingerprint density at radius 1 is 1.25 bits per heavy atom. The second-order valence-electron chi connectivity index (χ2n) is 5.87. The molecule has 1 aliphatic heterocycles. The van der Waals surface area contributed by atoms with Gasteiger partial charge < -0.3 is 10.0 Å². The first-order valence-electron chi connectivity index (χ1n) is 7.16. The number of hydrogen-bond donors (Lipinski definition) is 1. The minimum absolute atomic E-state index is 0.294. The van der Waals surface area contributed by atoms with Crippen LogP contribution in [0.3, 0.4) is 0 Å². The highest BCUT2D eigenvalue weighted by molar-refractivity contribution is 4.84. The molecule has 1 heterocycles. The summed E-state index contributed by atoms with van der Waals surface area (Å²) in [4.78, 5) is 2.54. The summed E-state index contributed by atoms with van der Waals surface area (Å²) < 4.78 is 0. The van der Waals surface area contributed by atoms with Crippen molar-refractivity contribution in [2.45, 2.75) is 63.9 Å². The summed E-state index contributed by atoms with van der Waals surface area (Å²) in [6.07, 6.45) is 9.56. The van der Waals surface area contributed by atoms with Gasteiger partial charge in [-0.1, -0.05) is 26.2 Å². The molecule has 0 amide bonds. The van der Waals surface area contributed by atoms with Gasteiger partial charge in [-0.2, -0.15) is 0 Å². The van der Waals surface area contributed by atoms with Crippen molar-refractivity contribution >= 4 is 0 Å². The molecule has 1 unspecified atom stereocenters. The zero-order valence-corrected chi connectivity index (χ0v) is 10.7. The normalized spacial score (nSPS) is 30.8. The van der Waals surface area contributed by atoms with E-state index >= 15 is 0 Å². The van der Waals surface area contributed by atoms with Gasteiger partial charge in [-0.25, -0.2) is 0 Å². The molecule has 1 saturated heterocycles. The van der Waals surface area contributed by atoms with Gasteiger partial charge in [0.15, 0.2) is 0 Å². The molecular formula is C14H27NO. The van der Waals surface area contributed by atoms with Crippen LogP contribution in [0, 0.1) is 5.92 Å². The van der Waals surface area contributed by atoms with Gasteiger partial charge in [0.1, 0.15) is 0 Å². The fraction of sp³-hybridized carbons (Fsp3) is 1.00. The Kier molecular flexibility index (Phi) is 4.26. The molecule has 0 aromatic rings. The molecule has 2 rings (SSSR count). The van der Waals surface area contributed by atoms with Crippen LogP contribution in [0.25, 0.3) is 0 Å². The first kappa shape index (κ1) is 12.4. The Morgan fingerprint density at radius 2 is 2.00 bits per heavy atom. The average Bonchev–Trinajstić information content (AvgIpc) is 2.75. The Bertz CT molecular complexity index is 211. The smallest absolute Gasteiger partial charge is 0.0648 e. The topological polar surface area (TPSA) is 23.5 Å². The number of hydrogen-bond acceptors (Lipinski definition) is 2. The van der Waals surface area contributed by atoms with Crippen molar-refractivity contribution in [1.82, 2.24) is 4.90 Å². The number of aliphatic hydroxyl groups is 1. The lowest BCUT2D eigenvalue weighted by Crippen LogP contribution is -2.32. The largest absolute Gasteiger partial charge is 0.390 e. The zero-order valence-electron chi connectivity index (χ0n) is 10.7. The van der Waals surface area contributed by atoms with E-state index in [4.69, 9.17) is 0 Å². The molecule has 2 nitrogen and oxygen atoms in total. The van der Waals surface area contributed by atoms with Gasteiger partial charge in [0.05, 0.1) is 5.60 Å². The summed E-state index contributed by atoms with van der Waals surface area (Å²) in [7, 11) is 0. The summed E-state index contributed by atoms with van der Waals surface area (Å²) in [5.74, 6) is 0.853. The Morgan fingerprint density at radius 3 is 2.62 bits per heavy atom. The van der Waals surface area contributed by atoms with Crippen LogP contribution in [0.15, 0.2) is 0 Å². The second kappa shape index (κ2) is 5.50.